The van der Waals surface area contributed by atoms with Gasteiger partial charge in [-0.1, -0.05) is 30.3 Å². The van der Waals surface area contributed by atoms with Crippen LogP contribution in [0, 0.1) is 0 Å². The van der Waals surface area contributed by atoms with E-state index in [4.69, 9.17) is 0 Å². The zero-order valence-corrected chi connectivity index (χ0v) is 17.1. The second-order valence-electron chi connectivity index (χ2n) is 7.12. The fraction of sp³-hybridized carbons (Fsp3) is 0.0870. The first kappa shape index (κ1) is 19.1. The Balaban J connectivity index is 1.21. The van der Waals surface area contributed by atoms with Crippen LogP contribution in [0.25, 0.3) is 11.1 Å². The van der Waals surface area contributed by atoms with Gasteiger partial charge in [0.1, 0.15) is 5.69 Å². The summed E-state index contributed by atoms with van der Waals surface area (Å²) in [4.78, 5) is 36.8. The number of hydrogen-bond acceptors (Lipinski definition) is 6. The largest absolute Gasteiger partial charge is 0.326 e. The number of anilines is 2. The number of rotatable bonds is 5. The van der Waals surface area contributed by atoms with Crippen molar-refractivity contribution in [2.24, 2.45) is 0 Å². The maximum Gasteiger partial charge on any atom is 0.277 e. The van der Waals surface area contributed by atoms with Gasteiger partial charge >= 0.3 is 0 Å². The zero-order chi connectivity index (χ0) is 21.2. The predicted molar refractivity (Wildman–Crippen MR) is 119 cm³/mol. The molecule has 2 heterocycles. The van der Waals surface area contributed by atoms with Crippen molar-refractivity contribution in [2.75, 3.05) is 10.6 Å². The molecule has 7 nitrogen and oxygen atoms in total. The highest BCUT2D eigenvalue weighted by atomic mass is 32.1. The molecule has 0 spiro atoms. The topological polar surface area (TPSA) is 96.9 Å². The molecule has 0 aliphatic heterocycles. The quantitative estimate of drug-likeness (QED) is 0.443. The van der Waals surface area contributed by atoms with Crippen molar-refractivity contribution in [2.45, 2.75) is 12.8 Å². The highest BCUT2D eigenvalue weighted by Crippen LogP contribution is 2.37. The molecule has 1 aliphatic rings. The molecule has 8 heteroatoms. The summed E-state index contributed by atoms with van der Waals surface area (Å²) >= 11 is 1.26. The van der Waals surface area contributed by atoms with Gasteiger partial charge in [-0.2, -0.15) is 0 Å². The van der Waals surface area contributed by atoms with Gasteiger partial charge in [0.15, 0.2) is 5.13 Å². The minimum absolute atomic E-state index is 0.120. The van der Waals surface area contributed by atoms with Gasteiger partial charge in [0.25, 0.3) is 5.91 Å². The lowest BCUT2D eigenvalue weighted by Gasteiger charge is -2.07. The van der Waals surface area contributed by atoms with Crippen molar-refractivity contribution in [3.63, 3.8) is 0 Å². The van der Waals surface area contributed by atoms with E-state index in [2.05, 4.69) is 43.8 Å². The third-order valence-electron chi connectivity index (χ3n) is 4.99. The fourth-order valence-electron chi connectivity index (χ4n) is 3.62. The van der Waals surface area contributed by atoms with Crippen LogP contribution in [0.2, 0.25) is 0 Å². The van der Waals surface area contributed by atoms with Gasteiger partial charge in [-0.3, -0.25) is 19.9 Å². The predicted octanol–water partition coefficient (Wildman–Crippen LogP) is 3.94. The van der Waals surface area contributed by atoms with Crippen molar-refractivity contribution in [1.29, 1.82) is 0 Å². The van der Waals surface area contributed by atoms with Crippen molar-refractivity contribution in [1.82, 2.24) is 15.0 Å². The van der Waals surface area contributed by atoms with Crippen LogP contribution in [-0.4, -0.2) is 26.8 Å². The number of nitrogens with one attached hydrogen (secondary N) is 2. The second-order valence-corrected chi connectivity index (χ2v) is 7.98. The van der Waals surface area contributed by atoms with Crippen molar-refractivity contribution in [3.05, 3.63) is 88.9 Å². The minimum Gasteiger partial charge on any atom is -0.326 e. The number of thiazole rings is 1. The molecule has 0 fully saturated rings. The van der Waals surface area contributed by atoms with Crippen LogP contribution in [0.4, 0.5) is 10.8 Å². The summed E-state index contributed by atoms with van der Waals surface area (Å²) in [5, 5.41) is 7.78. The number of carbonyl (C=O) groups excluding carboxylic acids is 2. The van der Waals surface area contributed by atoms with E-state index in [1.165, 1.54) is 52.2 Å². The van der Waals surface area contributed by atoms with Gasteiger partial charge < -0.3 is 5.32 Å². The average Bonchev–Trinajstić information content (AvgIpc) is 3.37. The van der Waals surface area contributed by atoms with Gasteiger partial charge in [0.05, 0.1) is 18.3 Å². The molecule has 0 bridgehead atoms. The highest BCUT2D eigenvalue weighted by molar-refractivity contribution is 7.14. The van der Waals surface area contributed by atoms with Crippen molar-refractivity contribution >= 4 is 34.0 Å². The molecular formula is C23H17N5O2S. The minimum atomic E-state index is -0.391. The Morgan fingerprint density at radius 3 is 2.74 bits per heavy atom. The van der Waals surface area contributed by atoms with E-state index in [1.807, 2.05) is 24.3 Å². The molecule has 2 aromatic heterocycles. The summed E-state index contributed by atoms with van der Waals surface area (Å²) in [7, 11) is 0. The van der Waals surface area contributed by atoms with Crippen LogP contribution in [0.15, 0.2) is 66.4 Å². The lowest BCUT2D eigenvalue weighted by Crippen LogP contribution is -2.15. The number of benzene rings is 2. The van der Waals surface area contributed by atoms with Crippen LogP contribution >= 0.6 is 11.3 Å². The average molecular weight is 427 g/mol. The first-order chi connectivity index (χ1) is 15.2. The maximum absolute atomic E-state index is 12.5. The molecule has 5 rings (SSSR count). The van der Waals surface area contributed by atoms with E-state index >= 15 is 0 Å². The van der Waals surface area contributed by atoms with Gasteiger partial charge in [0, 0.05) is 23.5 Å². The number of aromatic nitrogens is 3. The number of hydrogen-bond donors (Lipinski definition) is 2. The Morgan fingerprint density at radius 2 is 1.87 bits per heavy atom. The number of carbonyl (C=O) groups is 2. The van der Waals surface area contributed by atoms with Crippen LogP contribution in [0.1, 0.15) is 27.3 Å². The highest BCUT2D eigenvalue weighted by Gasteiger charge is 2.18. The third-order valence-corrected chi connectivity index (χ3v) is 5.79. The van der Waals surface area contributed by atoms with Gasteiger partial charge in [-0.25, -0.2) is 9.97 Å². The summed E-state index contributed by atoms with van der Waals surface area (Å²) in [6.45, 7) is 0. The first-order valence-electron chi connectivity index (χ1n) is 9.68. The molecule has 0 saturated heterocycles. The molecular weight excluding hydrogens is 410 g/mol. The van der Waals surface area contributed by atoms with E-state index < -0.39 is 5.91 Å². The van der Waals surface area contributed by atoms with Crippen LogP contribution < -0.4 is 10.6 Å². The lowest BCUT2D eigenvalue weighted by molar-refractivity contribution is -0.115. The smallest absolute Gasteiger partial charge is 0.277 e. The Bertz CT molecular complexity index is 1290. The van der Waals surface area contributed by atoms with E-state index in [0.717, 1.165) is 12.1 Å². The summed E-state index contributed by atoms with van der Waals surface area (Å²) in [6, 6.07) is 14.4. The van der Waals surface area contributed by atoms with Crippen LogP contribution in [0.3, 0.4) is 0 Å². The van der Waals surface area contributed by atoms with E-state index in [0.29, 0.717) is 10.8 Å². The lowest BCUT2D eigenvalue weighted by atomic mass is 10.1. The maximum atomic E-state index is 12.5. The fourth-order valence-corrected chi connectivity index (χ4v) is 4.32. The Morgan fingerprint density at radius 1 is 1.00 bits per heavy atom. The Labute approximate surface area is 182 Å². The summed E-state index contributed by atoms with van der Waals surface area (Å²) in [5.74, 6) is -0.551. The van der Waals surface area contributed by atoms with Gasteiger partial charge in [-0.05, 0) is 40.8 Å². The molecule has 1 aliphatic carbocycles. The Hall–Kier alpha value is -3.91. The van der Waals surface area contributed by atoms with E-state index in [-0.39, 0.29) is 18.0 Å². The molecule has 0 saturated carbocycles. The zero-order valence-electron chi connectivity index (χ0n) is 16.3. The van der Waals surface area contributed by atoms with Crippen molar-refractivity contribution < 1.29 is 9.59 Å². The van der Waals surface area contributed by atoms with Gasteiger partial charge in [0.2, 0.25) is 5.91 Å². The molecule has 4 aromatic rings. The van der Waals surface area contributed by atoms with Crippen LogP contribution in [-0.2, 0) is 17.6 Å². The SMILES string of the molecule is O=C(Cc1csc(NC(=O)c2cnccn2)n1)Nc1ccc2c(c1)Cc1ccccc1-2. The summed E-state index contributed by atoms with van der Waals surface area (Å²) < 4.78 is 0. The molecule has 152 valence electrons. The first-order valence-corrected chi connectivity index (χ1v) is 10.6. The normalized spacial score (nSPS) is 11.5. The third kappa shape index (κ3) is 4.06. The van der Waals surface area contributed by atoms with Gasteiger partial charge in [-0.15, -0.1) is 11.3 Å². The molecule has 0 unspecified atom stereocenters. The summed E-state index contributed by atoms with van der Waals surface area (Å²) in [6.07, 6.45) is 5.32. The Kier molecular flexibility index (Phi) is 4.97. The van der Waals surface area contributed by atoms with Crippen LogP contribution in [0.5, 0.6) is 0 Å². The number of fused-ring (bicyclic) bond motifs is 3. The number of nitrogens with zero attached hydrogens (tertiary/aromatic N) is 3. The molecule has 2 aromatic carbocycles. The monoisotopic (exact) mass is 427 g/mol. The second kappa shape index (κ2) is 8.08. The standard InChI is InChI=1S/C23H17N5O2S/c29-21(11-17-13-31-23(27-17)28-22(30)20-12-24-7-8-25-20)26-16-5-6-19-15(10-16)9-14-3-1-2-4-18(14)19/h1-8,10,12-13H,9,11H2,(H,26,29)(H,27,28,30). The molecule has 2 amide bonds. The number of amides is 2. The molecule has 0 atom stereocenters. The molecule has 0 radical (unpaired) electrons. The van der Waals surface area contributed by atoms with Crippen molar-refractivity contribution in [3.8, 4) is 11.1 Å². The molecule has 2 N–H and O–H groups in total. The van der Waals surface area contributed by atoms with E-state index in [9.17, 15) is 9.59 Å². The van der Waals surface area contributed by atoms with E-state index in [1.54, 1.807) is 5.38 Å². The summed E-state index contributed by atoms with van der Waals surface area (Å²) in [5.41, 5.74) is 6.55. The molecule has 31 heavy (non-hydrogen) atoms.